The zero-order valence-corrected chi connectivity index (χ0v) is 18.1. The van der Waals surface area contributed by atoms with Gasteiger partial charge in [-0.25, -0.2) is 4.79 Å². The van der Waals surface area contributed by atoms with Crippen LogP contribution in [-0.4, -0.2) is 53.4 Å². The number of ether oxygens (including phenoxy) is 1. The molecule has 1 saturated carbocycles. The number of carbonyl (C=O) groups excluding carboxylic acids is 4. The zero-order chi connectivity index (χ0) is 22.1. The maximum absolute atomic E-state index is 13.5. The second-order valence-corrected chi connectivity index (χ2v) is 10.0. The van der Waals surface area contributed by atoms with Gasteiger partial charge in [0.25, 0.3) is 0 Å². The van der Waals surface area contributed by atoms with Crippen molar-refractivity contribution in [1.29, 1.82) is 0 Å². The lowest BCUT2D eigenvalue weighted by Gasteiger charge is -2.41. The van der Waals surface area contributed by atoms with Crippen molar-refractivity contribution in [3.05, 3.63) is 29.3 Å². The number of piperidine rings is 1. The molecule has 1 aromatic carbocycles. The molecule has 3 heterocycles. The number of rotatable bonds is 2. The van der Waals surface area contributed by atoms with E-state index in [2.05, 4.69) is 5.32 Å². The molecule has 4 aliphatic rings. The van der Waals surface area contributed by atoms with Gasteiger partial charge in [-0.05, 0) is 57.2 Å². The highest BCUT2D eigenvalue weighted by molar-refractivity contribution is 6.15. The molecule has 3 fully saturated rings. The topological polar surface area (TPSA) is 96.0 Å². The van der Waals surface area contributed by atoms with Crippen LogP contribution in [-0.2, 0) is 24.5 Å². The van der Waals surface area contributed by atoms with E-state index in [1.165, 1.54) is 0 Å². The summed E-state index contributed by atoms with van der Waals surface area (Å²) in [4.78, 5) is 53.2. The van der Waals surface area contributed by atoms with Crippen LogP contribution in [0.25, 0.3) is 0 Å². The first-order valence-corrected chi connectivity index (χ1v) is 10.9. The third kappa shape index (κ3) is 3.11. The van der Waals surface area contributed by atoms with Crippen LogP contribution in [0.1, 0.15) is 63.5 Å². The number of nitrogens with one attached hydrogen (secondary N) is 1. The summed E-state index contributed by atoms with van der Waals surface area (Å²) in [7, 11) is 0. The van der Waals surface area contributed by atoms with Gasteiger partial charge in [0, 0.05) is 31.1 Å². The summed E-state index contributed by atoms with van der Waals surface area (Å²) in [5.41, 5.74) is 1.78. The standard InChI is InChI=1S/C23H27N3O5/c1-22(2,3)31-21(30)25-11-13(12-25)14-5-4-6-15-18(14)23(9-10-23)20(29)26(15)16-7-8-17(27)24-19(16)28/h4-6,13,16H,7-12H2,1-3H3,(H,24,27,28). The van der Waals surface area contributed by atoms with Gasteiger partial charge in [0.15, 0.2) is 0 Å². The Bertz CT molecular complexity index is 1000. The van der Waals surface area contributed by atoms with E-state index in [0.29, 0.717) is 19.5 Å². The number of likely N-dealkylation sites (tertiary alicyclic amines) is 1. The molecule has 31 heavy (non-hydrogen) atoms. The summed E-state index contributed by atoms with van der Waals surface area (Å²) >= 11 is 0. The summed E-state index contributed by atoms with van der Waals surface area (Å²) in [6.45, 7) is 6.64. The molecule has 1 unspecified atom stereocenters. The quantitative estimate of drug-likeness (QED) is 0.733. The van der Waals surface area contributed by atoms with Crippen LogP contribution in [0.3, 0.4) is 0 Å². The average molecular weight is 425 g/mol. The van der Waals surface area contributed by atoms with Crippen LogP contribution in [0.5, 0.6) is 0 Å². The largest absolute Gasteiger partial charge is 0.444 e. The van der Waals surface area contributed by atoms with Crippen LogP contribution >= 0.6 is 0 Å². The lowest BCUT2D eigenvalue weighted by atomic mass is 9.82. The number of hydrogen-bond acceptors (Lipinski definition) is 5. The van der Waals surface area contributed by atoms with E-state index in [4.69, 9.17) is 4.74 Å². The van der Waals surface area contributed by atoms with E-state index in [9.17, 15) is 19.2 Å². The maximum Gasteiger partial charge on any atom is 0.410 e. The first kappa shape index (κ1) is 20.0. The molecule has 1 aliphatic carbocycles. The van der Waals surface area contributed by atoms with E-state index in [0.717, 1.165) is 29.7 Å². The van der Waals surface area contributed by atoms with E-state index >= 15 is 0 Å². The zero-order valence-electron chi connectivity index (χ0n) is 18.1. The Kier molecular flexibility index (Phi) is 4.23. The first-order valence-electron chi connectivity index (χ1n) is 10.9. The van der Waals surface area contributed by atoms with Gasteiger partial charge in [0.2, 0.25) is 17.7 Å². The highest BCUT2D eigenvalue weighted by atomic mass is 16.6. The maximum atomic E-state index is 13.5. The third-order valence-electron chi connectivity index (χ3n) is 6.69. The van der Waals surface area contributed by atoms with Crippen LogP contribution < -0.4 is 10.2 Å². The number of imide groups is 1. The average Bonchev–Trinajstić information content (AvgIpc) is 3.38. The fraction of sp³-hybridized carbons (Fsp3) is 0.565. The molecular formula is C23H27N3O5. The minimum atomic E-state index is -0.654. The molecule has 1 N–H and O–H groups in total. The molecule has 8 nitrogen and oxygen atoms in total. The van der Waals surface area contributed by atoms with E-state index in [-0.39, 0.29) is 30.2 Å². The second kappa shape index (κ2) is 6.55. The van der Waals surface area contributed by atoms with Crippen LogP contribution in [0, 0.1) is 0 Å². The number of carbonyl (C=O) groups is 4. The van der Waals surface area contributed by atoms with Gasteiger partial charge in [0.1, 0.15) is 11.6 Å². The minimum absolute atomic E-state index is 0.0345. The number of nitrogens with zero attached hydrogens (tertiary/aromatic N) is 2. The summed E-state index contributed by atoms with van der Waals surface area (Å²) in [6, 6.07) is 5.20. The molecule has 1 aromatic rings. The van der Waals surface area contributed by atoms with E-state index in [1.54, 1.807) is 9.80 Å². The van der Waals surface area contributed by atoms with Crippen LogP contribution in [0.4, 0.5) is 10.5 Å². The molecule has 0 bridgehead atoms. The molecule has 4 amide bonds. The van der Waals surface area contributed by atoms with Crippen molar-refractivity contribution < 1.29 is 23.9 Å². The van der Waals surface area contributed by atoms with E-state index in [1.807, 2.05) is 39.0 Å². The Morgan fingerprint density at radius 1 is 1.16 bits per heavy atom. The van der Waals surface area contributed by atoms with Gasteiger partial charge in [-0.1, -0.05) is 12.1 Å². The Balaban J connectivity index is 1.42. The van der Waals surface area contributed by atoms with Crippen LogP contribution in [0.15, 0.2) is 18.2 Å². The van der Waals surface area contributed by atoms with Gasteiger partial charge >= 0.3 is 6.09 Å². The minimum Gasteiger partial charge on any atom is -0.444 e. The fourth-order valence-corrected chi connectivity index (χ4v) is 5.04. The number of hydrogen-bond donors (Lipinski definition) is 1. The molecule has 2 saturated heterocycles. The van der Waals surface area contributed by atoms with Crippen molar-refractivity contribution in [2.24, 2.45) is 0 Å². The van der Waals surface area contributed by atoms with Crippen molar-refractivity contribution in [3.63, 3.8) is 0 Å². The predicted octanol–water partition coefficient (Wildman–Crippen LogP) is 2.20. The van der Waals surface area contributed by atoms with E-state index < -0.39 is 23.0 Å². The summed E-state index contributed by atoms with van der Waals surface area (Å²) < 4.78 is 5.46. The van der Waals surface area contributed by atoms with Crippen molar-refractivity contribution in [2.45, 2.75) is 69.4 Å². The Morgan fingerprint density at radius 2 is 1.87 bits per heavy atom. The summed E-state index contributed by atoms with van der Waals surface area (Å²) in [5, 5.41) is 2.37. The van der Waals surface area contributed by atoms with Gasteiger partial charge in [0.05, 0.1) is 5.41 Å². The lowest BCUT2D eigenvalue weighted by molar-refractivity contribution is -0.135. The van der Waals surface area contributed by atoms with Gasteiger partial charge in [-0.2, -0.15) is 0 Å². The smallest absolute Gasteiger partial charge is 0.410 e. The highest BCUT2D eigenvalue weighted by Gasteiger charge is 2.62. The molecule has 5 rings (SSSR count). The Labute approximate surface area is 180 Å². The number of anilines is 1. The molecule has 8 heteroatoms. The molecule has 1 atom stereocenters. The van der Waals surface area contributed by atoms with Crippen molar-refractivity contribution in [2.75, 3.05) is 18.0 Å². The lowest BCUT2D eigenvalue weighted by Crippen LogP contribution is -2.54. The summed E-state index contributed by atoms with van der Waals surface area (Å²) in [5.74, 6) is -0.597. The fourth-order valence-electron chi connectivity index (χ4n) is 5.04. The first-order chi connectivity index (χ1) is 14.6. The van der Waals surface area contributed by atoms with Gasteiger partial charge in [-0.3, -0.25) is 24.6 Å². The Morgan fingerprint density at radius 3 is 2.48 bits per heavy atom. The van der Waals surface area contributed by atoms with Crippen molar-refractivity contribution >= 4 is 29.5 Å². The van der Waals surface area contributed by atoms with Gasteiger partial charge in [-0.15, -0.1) is 0 Å². The second-order valence-electron chi connectivity index (χ2n) is 10.0. The number of amides is 4. The van der Waals surface area contributed by atoms with Crippen molar-refractivity contribution in [1.82, 2.24) is 10.2 Å². The normalized spacial score (nSPS) is 24.7. The SMILES string of the molecule is CC(C)(C)OC(=O)N1CC(c2cccc3c2C2(CC2)C(=O)N3C2CCC(=O)NC2=O)C1. The molecular weight excluding hydrogens is 398 g/mol. The Hall–Kier alpha value is -2.90. The van der Waals surface area contributed by atoms with Gasteiger partial charge < -0.3 is 9.64 Å². The highest BCUT2D eigenvalue weighted by Crippen LogP contribution is 2.60. The van der Waals surface area contributed by atoms with Crippen molar-refractivity contribution in [3.8, 4) is 0 Å². The third-order valence-corrected chi connectivity index (χ3v) is 6.69. The molecule has 164 valence electrons. The number of benzene rings is 1. The molecule has 0 aromatic heterocycles. The predicted molar refractivity (Wildman–Crippen MR) is 112 cm³/mol. The molecule has 1 spiro atoms. The molecule has 3 aliphatic heterocycles. The van der Waals surface area contributed by atoms with Crippen LogP contribution in [0.2, 0.25) is 0 Å². The monoisotopic (exact) mass is 425 g/mol. The molecule has 0 radical (unpaired) electrons. The summed E-state index contributed by atoms with van der Waals surface area (Å²) in [6.07, 6.45) is 1.78. The number of fused-ring (bicyclic) bond motifs is 2.